The third-order valence-corrected chi connectivity index (χ3v) is 6.94. The van der Waals surface area contributed by atoms with E-state index < -0.39 is 0 Å². The van der Waals surface area contributed by atoms with Gasteiger partial charge in [0.1, 0.15) is 5.01 Å². The van der Waals surface area contributed by atoms with E-state index >= 15 is 0 Å². The molecule has 2 amide bonds. The number of aromatic nitrogens is 2. The molecule has 1 fully saturated rings. The molecule has 1 saturated heterocycles. The van der Waals surface area contributed by atoms with Gasteiger partial charge < -0.3 is 14.6 Å². The molecule has 1 N–H and O–H groups in total. The van der Waals surface area contributed by atoms with Crippen LogP contribution in [0, 0.1) is 0 Å². The fourth-order valence-corrected chi connectivity index (χ4v) is 5.07. The molecule has 5 rings (SSSR count). The molecule has 2 aromatic heterocycles. The van der Waals surface area contributed by atoms with E-state index in [1.54, 1.807) is 17.6 Å². The molecule has 7 heteroatoms. The van der Waals surface area contributed by atoms with Crippen LogP contribution in [-0.2, 0) is 0 Å². The van der Waals surface area contributed by atoms with Crippen molar-refractivity contribution in [3.05, 3.63) is 95.2 Å². The van der Waals surface area contributed by atoms with Gasteiger partial charge in [-0.25, -0.2) is 4.79 Å². The molecule has 6 nitrogen and oxygen atoms in total. The van der Waals surface area contributed by atoms with Crippen molar-refractivity contribution < 1.29 is 9.21 Å². The Labute approximate surface area is 190 Å². The average molecular weight is 445 g/mol. The summed E-state index contributed by atoms with van der Waals surface area (Å²) in [6.07, 6.45) is 3.40. The maximum Gasteiger partial charge on any atom is 0.318 e. The third kappa shape index (κ3) is 4.43. The van der Waals surface area contributed by atoms with Gasteiger partial charge in [-0.05, 0) is 36.1 Å². The van der Waals surface area contributed by atoms with Crippen LogP contribution in [0.4, 0.5) is 4.79 Å². The SMILES string of the molecule is O=C(NC(c1ccccc1)c1ccccc1)N1CCC(c2nnc(-c3ccco3)s2)CC1. The second-order valence-electron chi connectivity index (χ2n) is 7.89. The first kappa shape index (κ1) is 20.5. The molecule has 2 aromatic carbocycles. The van der Waals surface area contributed by atoms with Crippen LogP contribution in [0.25, 0.3) is 10.8 Å². The van der Waals surface area contributed by atoms with Gasteiger partial charge in [-0.15, -0.1) is 10.2 Å². The van der Waals surface area contributed by atoms with Gasteiger partial charge in [-0.3, -0.25) is 0 Å². The molecule has 0 unspecified atom stereocenters. The van der Waals surface area contributed by atoms with Gasteiger partial charge in [-0.1, -0.05) is 72.0 Å². The van der Waals surface area contributed by atoms with E-state index in [-0.39, 0.29) is 12.1 Å². The molecular weight excluding hydrogens is 420 g/mol. The van der Waals surface area contributed by atoms with Crippen LogP contribution in [0.2, 0.25) is 0 Å². The summed E-state index contributed by atoms with van der Waals surface area (Å²) in [6.45, 7) is 1.39. The number of carbonyl (C=O) groups is 1. The number of amides is 2. The topological polar surface area (TPSA) is 71.3 Å². The number of furan rings is 1. The Kier molecular flexibility index (Phi) is 5.98. The monoisotopic (exact) mass is 444 g/mol. The van der Waals surface area contributed by atoms with Crippen molar-refractivity contribution in [2.75, 3.05) is 13.1 Å². The molecule has 0 radical (unpaired) electrons. The van der Waals surface area contributed by atoms with Gasteiger partial charge in [0.05, 0.1) is 12.3 Å². The summed E-state index contributed by atoms with van der Waals surface area (Å²) in [4.78, 5) is 15.0. The van der Waals surface area contributed by atoms with Crippen molar-refractivity contribution in [3.8, 4) is 10.8 Å². The third-order valence-electron chi connectivity index (χ3n) is 5.84. The van der Waals surface area contributed by atoms with Crippen LogP contribution in [0.1, 0.15) is 40.9 Å². The predicted molar refractivity (Wildman–Crippen MR) is 124 cm³/mol. The van der Waals surface area contributed by atoms with Crippen LogP contribution in [0.3, 0.4) is 0 Å². The first-order valence-corrected chi connectivity index (χ1v) is 11.6. The highest BCUT2D eigenvalue weighted by molar-refractivity contribution is 7.14. The van der Waals surface area contributed by atoms with Crippen molar-refractivity contribution in [3.63, 3.8) is 0 Å². The number of nitrogens with zero attached hydrogens (tertiary/aromatic N) is 3. The summed E-state index contributed by atoms with van der Waals surface area (Å²) < 4.78 is 5.43. The zero-order chi connectivity index (χ0) is 21.8. The fraction of sp³-hybridized carbons (Fsp3) is 0.240. The standard InChI is InChI=1S/C25H24N4O2S/c30-25(26-22(18-8-3-1-4-9-18)19-10-5-2-6-11-19)29-15-13-20(14-16-29)23-27-28-24(32-23)21-12-7-17-31-21/h1-12,17,20,22H,13-16H2,(H,26,30). The Morgan fingerprint density at radius 2 is 1.59 bits per heavy atom. The molecule has 0 spiro atoms. The summed E-state index contributed by atoms with van der Waals surface area (Å²) >= 11 is 1.58. The van der Waals surface area contributed by atoms with Crippen molar-refractivity contribution in [1.29, 1.82) is 0 Å². The highest BCUT2D eigenvalue weighted by atomic mass is 32.1. The molecule has 32 heavy (non-hydrogen) atoms. The minimum Gasteiger partial charge on any atom is -0.462 e. The van der Waals surface area contributed by atoms with Gasteiger partial charge >= 0.3 is 6.03 Å². The second kappa shape index (κ2) is 9.36. The maximum absolute atomic E-state index is 13.1. The highest BCUT2D eigenvalue weighted by Gasteiger charge is 2.28. The molecule has 1 aliphatic heterocycles. The van der Waals surface area contributed by atoms with Crippen molar-refractivity contribution in [2.24, 2.45) is 0 Å². The lowest BCUT2D eigenvalue weighted by molar-refractivity contribution is 0.179. The lowest BCUT2D eigenvalue weighted by Crippen LogP contribution is -2.45. The Balaban J connectivity index is 1.24. The zero-order valence-corrected chi connectivity index (χ0v) is 18.4. The van der Waals surface area contributed by atoms with E-state index in [9.17, 15) is 4.79 Å². The van der Waals surface area contributed by atoms with Crippen LogP contribution >= 0.6 is 11.3 Å². The Hall–Kier alpha value is -3.45. The van der Waals surface area contributed by atoms with Gasteiger partial charge in [0.25, 0.3) is 0 Å². The van der Waals surface area contributed by atoms with Crippen LogP contribution in [0.5, 0.6) is 0 Å². The van der Waals surface area contributed by atoms with Crippen molar-refractivity contribution >= 4 is 17.4 Å². The summed E-state index contributed by atoms with van der Waals surface area (Å²) in [6, 6.07) is 23.7. The Morgan fingerprint density at radius 3 is 2.19 bits per heavy atom. The normalized spacial score (nSPS) is 14.6. The lowest BCUT2D eigenvalue weighted by atomic mass is 9.97. The maximum atomic E-state index is 13.1. The second-order valence-corrected chi connectivity index (χ2v) is 8.90. The number of urea groups is 1. The van der Waals surface area contributed by atoms with E-state index in [1.807, 2.05) is 53.4 Å². The largest absolute Gasteiger partial charge is 0.462 e. The minimum absolute atomic E-state index is 0.0327. The van der Waals surface area contributed by atoms with E-state index in [4.69, 9.17) is 4.42 Å². The quantitative estimate of drug-likeness (QED) is 0.443. The first-order valence-electron chi connectivity index (χ1n) is 10.8. The molecule has 162 valence electrons. The number of carbonyl (C=O) groups excluding carboxylic acids is 1. The summed E-state index contributed by atoms with van der Waals surface area (Å²) in [5, 5.41) is 13.7. The highest BCUT2D eigenvalue weighted by Crippen LogP contribution is 2.33. The number of hydrogen-bond acceptors (Lipinski definition) is 5. The van der Waals surface area contributed by atoms with Crippen molar-refractivity contribution in [2.45, 2.75) is 24.8 Å². The van der Waals surface area contributed by atoms with Gasteiger partial charge in [-0.2, -0.15) is 0 Å². The summed E-state index contributed by atoms with van der Waals surface area (Å²) in [5.41, 5.74) is 2.14. The number of likely N-dealkylation sites (tertiary alicyclic amines) is 1. The van der Waals surface area contributed by atoms with Crippen molar-refractivity contribution in [1.82, 2.24) is 20.4 Å². The average Bonchev–Trinajstić information content (AvgIpc) is 3.56. The summed E-state index contributed by atoms with van der Waals surface area (Å²) in [7, 11) is 0. The van der Waals surface area contributed by atoms with Crippen LogP contribution < -0.4 is 5.32 Å². The molecule has 4 aromatic rings. The number of benzene rings is 2. The number of hydrogen-bond donors (Lipinski definition) is 1. The molecule has 3 heterocycles. The van der Waals surface area contributed by atoms with E-state index in [0.29, 0.717) is 19.0 Å². The molecule has 1 aliphatic rings. The predicted octanol–water partition coefficient (Wildman–Crippen LogP) is 5.48. The first-order chi connectivity index (χ1) is 15.8. The Morgan fingerprint density at radius 1 is 0.938 bits per heavy atom. The lowest BCUT2D eigenvalue weighted by Gasteiger charge is -2.32. The smallest absolute Gasteiger partial charge is 0.318 e. The summed E-state index contributed by atoms with van der Waals surface area (Å²) in [5.74, 6) is 1.07. The molecular formula is C25H24N4O2S. The van der Waals surface area contributed by atoms with E-state index in [2.05, 4.69) is 39.8 Å². The van der Waals surface area contributed by atoms with E-state index in [0.717, 1.165) is 39.7 Å². The molecule has 0 atom stereocenters. The number of nitrogens with one attached hydrogen (secondary N) is 1. The van der Waals surface area contributed by atoms with Crippen LogP contribution in [0.15, 0.2) is 83.5 Å². The van der Waals surface area contributed by atoms with E-state index in [1.165, 1.54) is 0 Å². The van der Waals surface area contributed by atoms with Gasteiger partial charge in [0.15, 0.2) is 10.8 Å². The number of piperidine rings is 1. The van der Waals surface area contributed by atoms with Gasteiger partial charge in [0.2, 0.25) is 0 Å². The molecule has 0 saturated carbocycles. The Bertz CT molecular complexity index is 1100. The molecule has 0 aliphatic carbocycles. The molecule has 0 bridgehead atoms. The number of rotatable bonds is 5. The fourth-order valence-electron chi connectivity index (χ4n) is 4.09. The zero-order valence-electron chi connectivity index (χ0n) is 17.6. The minimum atomic E-state index is -0.179. The van der Waals surface area contributed by atoms with Gasteiger partial charge in [0, 0.05) is 19.0 Å². The van der Waals surface area contributed by atoms with Crippen LogP contribution in [-0.4, -0.2) is 34.2 Å².